The normalized spacial score (nSPS) is 28.2. The van der Waals surface area contributed by atoms with Gasteiger partial charge in [0.1, 0.15) is 18.0 Å². The molecule has 130 valence electrons. The average molecular weight is 345 g/mol. The summed E-state index contributed by atoms with van der Waals surface area (Å²) in [6, 6.07) is 0. The van der Waals surface area contributed by atoms with E-state index >= 15 is 0 Å². The van der Waals surface area contributed by atoms with Gasteiger partial charge in [0.15, 0.2) is 6.23 Å². The summed E-state index contributed by atoms with van der Waals surface area (Å²) < 4.78 is 6.73. The van der Waals surface area contributed by atoms with Gasteiger partial charge in [-0.05, 0) is 25.9 Å². The molecule has 1 aromatic heterocycles. The quantitative estimate of drug-likeness (QED) is 0.505. The fourth-order valence-electron chi connectivity index (χ4n) is 2.50. The van der Waals surface area contributed by atoms with Gasteiger partial charge in [-0.25, -0.2) is 4.79 Å². The molecule has 1 aliphatic heterocycles. The highest BCUT2D eigenvalue weighted by molar-refractivity contribution is 7.72. The number of nitrogens with two attached hydrogens (primary N) is 1. The number of nitrogens with zero attached hydrogens (tertiary/aromatic N) is 2. The van der Waals surface area contributed by atoms with E-state index in [0.29, 0.717) is 6.42 Å². The molecular formula is C14H24N3O5P. The van der Waals surface area contributed by atoms with Crippen molar-refractivity contribution in [1.82, 2.24) is 9.55 Å². The first-order chi connectivity index (χ1) is 10.6. The van der Waals surface area contributed by atoms with Crippen LogP contribution in [0.4, 0.5) is 5.82 Å². The minimum atomic E-state index is -1.29. The van der Waals surface area contributed by atoms with E-state index < -0.39 is 43.7 Å². The first-order valence-corrected chi connectivity index (χ1v) is 10.4. The Labute approximate surface area is 134 Å². The zero-order valence-electron chi connectivity index (χ0n) is 13.3. The van der Waals surface area contributed by atoms with Crippen molar-refractivity contribution in [3.8, 4) is 0 Å². The summed E-state index contributed by atoms with van der Waals surface area (Å²) in [4.78, 5) is 15.6. The molecule has 0 bridgehead atoms. The van der Waals surface area contributed by atoms with Crippen LogP contribution in [-0.4, -0.2) is 69.0 Å². The molecule has 5 N–H and O–H groups in total. The number of nitrogen functional groups attached to an aromatic ring is 1. The van der Waals surface area contributed by atoms with E-state index in [9.17, 15) is 20.1 Å². The molecule has 2 rings (SSSR count). The van der Waals surface area contributed by atoms with Crippen LogP contribution in [0.1, 0.15) is 18.2 Å². The van der Waals surface area contributed by atoms with Crippen LogP contribution in [0.5, 0.6) is 0 Å². The van der Waals surface area contributed by atoms with Gasteiger partial charge in [-0.15, -0.1) is 13.2 Å². The summed E-state index contributed by atoms with van der Waals surface area (Å²) in [6.45, 7) is 2.46. The number of hydrogen-bond donors (Lipinski definition) is 4. The van der Waals surface area contributed by atoms with Crippen molar-refractivity contribution in [1.29, 1.82) is 0 Å². The number of aromatic nitrogens is 2. The SMILES string of the molecule is C=P(C)(C)CC[C@H]1OC(n2cc(CO)c(N)nc2=O)[C@H](O)[C@@H]1O. The Kier molecular flexibility index (Phi) is 5.33. The molecule has 4 atom stereocenters. The third kappa shape index (κ3) is 4.02. The number of rotatable bonds is 5. The van der Waals surface area contributed by atoms with Crippen LogP contribution >= 0.6 is 6.89 Å². The largest absolute Gasteiger partial charge is 0.391 e. The number of anilines is 1. The zero-order chi connectivity index (χ0) is 17.4. The van der Waals surface area contributed by atoms with Gasteiger partial charge in [0.25, 0.3) is 0 Å². The molecule has 1 unspecified atom stereocenters. The van der Waals surface area contributed by atoms with Gasteiger partial charge in [0.05, 0.1) is 12.7 Å². The predicted octanol–water partition coefficient (Wildman–Crippen LogP) is -0.964. The molecule has 2 heterocycles. The summed E-state index contributed by atoms with van der Waals surface area (Å²) in [6.07, 6.45) is 2.73. The van der Waals surface area contributed by atoms with E-state index in [0.717, 1.165) is 10.7 Å². The maximum atomic E-state index is 12.0. The van der Waals surface area contributed by atoms with E-state index in [1.54, 1.807) is 0 Å². The third-order valence-electron chi connectivity index (χ3n) is 3.86. The lowest BCUT2D eigenvalue weighted by Crippen LogP contribution is -2.36. The standard InChI is InChI=1S/C14H24N3O5P/c1-23(2,3)5-4-9-10(19)11(20)13(22-9)17-6-8(7-18)12(15)16-14(17)21/h6,9-11,13,18-20H,1,4-5,7H2,2-3H3,(H2,15,16,21)/t9-,10-,11-,13?/m1/s1. The smallest absolute Gasteiger partial charge is 0.351 e. The van der Waals surface area contributed by atoms with Gasteiger partial charge in [0.2, 0.25) is 0 Å². The highest BCUT2D eigenvalue weighted by atomic mass is 31.2. The number of aliphatic hydroxyl groups excluding tert-OH is 3. The van der Waals surface area contributed by atoms with Crippen LogP contribution in [0.15, 0.2) is 11.0 Å². The fraction of sp³-hybridized carbons (Fsp3) is 0.643. The minimum Gasteiger partial charge on any atom is -0.391 e. The van der Waals surface area contributed by atoms with E-state index in [1.165, 1.54) is 6.20 Å². The van der Waals surface area contributed by atoms with Crippen molar-refractivity contribution in [2.45, 2.75) is 37.6 Å². The lowest BCUT2D eigenvalue weighted by molar-refractivity contribution is -0.0403. The van der Waals surface area contributed by atoms with Gasteiger partial charge >= 0.3 is 5.69 Å². The molecule has 0 spiro atoms. The maximum absolute atomic E-state index is 12.0. The second kappa shape index (κ2) is 6.75. The van der Waals surface area contributed by atoms with Gasteiger partial charge in [-0.1, -0.05) is 0 Å². The zero-order valence-corrected chi connectivity index (χ0v) is 14.2. The van der Waals surface area contributed by atoms with Crippen molar-refractivity contribution < 1.29 is 20.1 Å². The van der Waals surface area contributed by atoms with E-state index in [4.69, 9.17) is 10.5 Å². The minimum absolute atomic E-state index is 0.0676. The van der Waals surface area contributed by atoms with Crippen molar-refractivity contribution >= 4 is 19.0 Å². The third-order valence-corrected chi connectivity index (χ3v) is 5.33. The Morgan fingerprint density at radius 2 is 2.09 bits per heavy atom. The van der Waals surface area contributed by atoms with Crippen LogP contribution in [-0.2, 0) is 11.3 Å². The summed E-state index contributed by atoms with van der Waals surface area (Å²) >= 11 is 0. The second-order valence-electron chi connectivity index (χ2n) is 6.49. The Morgan fingerprint density at radius 1 is 1.43 bits per heavy atom. The van der Waals surface area contributed by atoms with Crippen LogP contribution in [0, 0.1) is 0 Å². The topological polar surface area (TPSA) is 131 Å². The average Bonchev–Trinajstić information content (AvgIpc) is 2.73. The monoisotopic (exact) mass is 345 g/mol. The summed E-state index contributed by atoms with van der Waals surface area (Å²) in [5.41, 5.74) is 5.09. The van der Waals surface area contributed by atoms with E-state index in [1.807, 2.05) is 0 Å². The maximum Gasteiger partial charge on any atom is 0.351 e. The number of aliphatic hydroxyl groups is 3. The van der Waals surface area contributed by atoms with Crippen LogP contribution in [0.2, 0.25) is 0 Å². The fourth-order valence-corrected chi connectivity index (χ4v) is 3.45. The Balaban J connectivity index is 2.24. The Morgan fingerprint density at radius 3 is 2.65 bits per heavy atom. The molecule has 0 saturated carbocycles. The lowest BCUT2D eigenvalue weighted by Gasteiger charge is -2.19. The van der Waals surface area contributed by atoms with E-state index in [2.05, 4.69) is 24.6 Å². The molecule has 0 aromatic carbocycles. The van der Waals surface area contributed by atoms with Gasteiger partial charge in [-0.2, -0.15) is 4.98 Å². The van der Waals surface area contributed by atoms with Crippen LogP contribution < -0.4 is 11.4 Å². The molecule has 1 aromatic rings. The second-order valence-corrected chi connectivity index (χ2v) is 10.8. The van der Waals surface area contributed by atoms with Crippen molar-refractivity contribution in [2.24, 2.45) is 0 Å². The number of hydrogen-bond acceptors (Lipinski definition) is 7. The highest BCUT2D eigenvalue weighted by Gasteiger charge is 2.44. The van der Waals surface area contributed by atoms with Crippen molar-refractivity contribution in [2.75, 3.05) is 25.2 Å². The molecular weight excluding hydrogens is 321 g/mol. The molecule has 1 aliphatic rings. The molecule has 9 heteroatoms. The Bertz CT molecular complexity index is 671. The summed E-state index contributed by atoms with van der Waals surface area (Å²) in [5, 5.41) is 29.6. The predicted molar refractivity (Wildman–Crippen MR) is 90.1 cm³/mol. The molecule has 0 amide bonds. The molecule has 0 radical (unpaired) electrons. The van der Waals surface area contributed by atoms with E-state index in [-0.39, 0.29) is 11.4 Å². The molecule has 23 heavy (non-hydrogen) atoms. The molecule has 1 fully saturated rings. The molecule has 0 aliphatic carbocycles. The molecule has 8 nitrogen and oxygen atoms in total. The first-order valence-electron chi connectivity index (χ1n) is 7.31. The molecule has 1 saturated heterocycles. The van der Waals surface area contributed by atoms with Gasteiger partial charge in [-0.3, -0.25) is 4.57 Å². The summed E-state index contributed by atoms with van der Waals surface area (Å²) in [5.74, 6) is -0.0676. The van der Waals surface area contributed by atoms with Crippen LogP contribution in [0.3, 0.4) is 0 Å². The van der Waals surface area contributed by atoms with Gasteiger partial charge in [0, 0.05) is 11.8 Å². The highest BCUT2D eigenvalue weighted by Crippen LogP contribution is 2.39. The summed E-state index contributed by atoms with van der Waals surface area (Å²) in [7, 11) is 0. The van der Waals surface area contributed by atoms with Crippen molar-refractivity contribution in [3.05, 3.63) is 22.2 Å². The Hall–Kier alpha value is -1.18. The van der Waals surface area contributed by atoms with Crippen LogP contribution in [0.25, 0.3) is 0 Å². The first kappa shape index (κ1) is 18.2. The van der Waals surface area contributed by atoms with Gasteiger partial charge < -0.3 is 25.8 Å². The van der Waals surface area contributed by atoms with Crippen molar-refractivity contribution in [3.63, 3.8) is 0 Å². The number of ether oxygens (including phenoxy) is 1. The lowest BCUT2D eigenvalue weighted by atomic mass is 10.1.